The topological polar surface area (TPSA) is 211 Å². The third kappa shape index (κ3) is 14.1. The fourth-order valence-corrected chi connectivity index (χ4v) is 7.94. The van der Waals surface area contributed by atoms with Crippen LogP contribution in [0.2, 0.25) is 0 Å². The summed E-state index contributed by atoms with van der Waals surface area (Å²) in [5, 5.41) is 17.1. The Hall–Kier alpha value is -4.85. The Bertz CT molecular complexity index is 1830. The standard InChI is InChI=1S/C42H58N8O9S/c1-2-8-35(38(53)46-30-51)50-29-33-32(39(50)54)10-7-11-34(33)48-37(52)28-43-15-18-56-20-22-58-24-25-59-23-21-57-19-16-44-40(55)42(13-4-3-5-14-42)27-31-9-6-12-36(47-31)49-41-45-17-26-60-41/h6-7,9-12,17,26,30,35,43H,2-5,8,13-16,18-25,27-29H2,1H3,(H,44,55)(H,48,52)(H,45,47,49)(H,46,51,53). The number of anilines is 3. The van der Waals surface area contributed by atoms with Gasteiger partial charge >= 0.3 is 0 Å². The highest BCUT2D eigenvalue weighted by molar-refractivity contribution is 7.13. The number of imide groups is 1. The van der Waals surface area contributed by atoms with Crippen molar-refractivity contribution >= 4 is 58.0 Å². The van der Waals surface area contributed by atoms with Crippen molar-refractivity contribution in [3.05, 3.63) is 64.8 Å². The molecule has 5 N–H and O–H groups in total. The molecule has 0 saturated heterocycles. The fourth-order valence-electron chi connectivity index (χ4n) is 7.41. The van der Waals surface area contributed by atoms with Crippen molar-refractivity contribution in [2.24, 2.45) is 5.41 Å². The molecular weight excluding hydrogens is 793 g/mol. The molecule has 17 nitrogen and oxygen atoms in total. The highest BCUT2D eigenvalue weighted by atomic mass is 32.1. The van der Waals surface area contributed by atoms with Gasteiger partial charge in [0.1, 0.15) is 11.9 Å². The number of benzene rings is 1. The zero-order chi connectivity index (χ0) is 42.4. The van der Waals surface area contributed by atoms with Crippen LogP contribution in [-0.4, -0.2) is 123 Å². The Balaban J connectivity index is 0.852. The summed E-state index contributed by atoms with van der Waals surface area (Å²) in [4.78, 5) is 73.0. The number of pyridine rings is 1. The summed E-state index contributed by atoms with van der Waals surface area (Å²) in [6, 6.07) is 10.1. The molecule has 18 heteroatoms. The molecule has 1 aliphatic carbocycles. The van der Waals surface area contributed by atoms with E-state index in [0.29, 0.717) is 108 Å². The zero-order valence-electron chi connectivity index (χ0n) is 34.3. The average Bonchev–Trinajstić information content (AvgIpc) is 3.89. The van der Waals surface area contributed by atoms with Crippen molar-refractivity contribution in [1.29, 1.82) is 0 Å². The molecule has 1 aromatic carbocycles. The number of carbonyl (C=O) groups is 5. The van der Waals surface area contributed by atoms with Gasteiger partial charge in [-0.2, -0.15) is 0 Å². The smallest absolute Gasteiger partial charge is 0.255 e. The van der Waals surface area contributed by atoms with Crippen LogP contribution in [0, 0.1) is 5.41 Å². The highest BCUT2D eigenvalue weighted by Crippen LogP contribution is 2.39. The lowest BCUT2D eigenvalue weighted by atomic mass is 9.70. The maximum atomic E-state index is 13.5. The number of hydrogen-bond acceptors (Lipinski definition) is 14. The Kier molecular flexibility index (Phi) is 19.3. The van der Waals surface area contributed by atoms with E-state index in [1.807, 2.05) is 30.5 Å². The number of hydrogen-bond donors (Lipinski definition) is 5. The first kappa shape index (κ1) is 46.2. The van der Waals surface area contributed by atoms with Crippen LogP contribution in [0.5, 0.6) is 0 Å². The highest BCUT2D eigenvalue weighted by Gasteiger charge is 2.40. The van der Waals surface area contributed by atoms with Crippen molar-refractivity contribution in [3.8, 4) is 0 Å². The largest absolute Gasteiger partial charge is 0.378 e. The second-order valence-corrected chi connectivity index (χ2v) is 15.5. The minimum Gasteiger partial charge on any atom is -0.378 e. The summed E-state index contributed by atoms with van der Waals surface area (Å²) in [5.74, 6) is -0.343. The summed E-state index contributed by atoms with van der Waals surface area (Å²) in [5.41, 5.74) is 1.97. The molecule has 2 aromatic heterocycles. The normalized spacial score (nSPS) is 14.9. The minimum absolute atomic E-state index is 0.0406. The molecule has 1 aliphatic heterocycles. The van der Waals surface area contributed by atoms with E-state index < -0.39 is 17.4 Å². The SMILES string of the molecule is CCCC(C(=O)NC=O)N1Cc2c(NC(=O)CNCCOCCOCCOCCOCCNC(=O)C3(Cc4cccc(Nc5nccs5)n4)CCCCC3)cccc2C1=O. The van der Waals surface area contributed by atoms with E-state index >= 15 is 0 Å². The maximum absolute atomic E-state index is 13.5. The van der Waals surface area contributed by atoms with Gasteiger partial charge in [-0.15, -0.1) is 11.3 Å². The van der Waals surface area contributed by atoms with Crippen molar-refractivity contribution in [2.45, 2.75) is 70.9 Å². The second kappa shape index (κ2) is 25.0. The van der Waals surface area contributed by atoms with Crippen LogP contribution in [0.15, 0.2) is 48.0 Å². The zero-order valence-corrected chi connectivity index (χ0v) is 35.2. The molecule has 0 radical (unpaired) electrons. The Labute approximate surface area is 355 Å². The van der Waals surface area contributed by atoms with Crippen molar-refractivity contribution in [1.82, 2.24) is 30.8 Å². The van der Waals surface area contributed by atoms with Crippen LogP contribution in [0.25, 0.3) is 0 Å². The third-order valence-corrected chi connectivity index (χ3v) is 11.0. The lowest BCUT2D eigenvalue weighted by molar-refractivity contribution is -0.133. The lowest BCUT2D eigenvalue weighted by Gasteiger charge is -2.35. The van der Waals surface area contributed by atoms with Crippen LogP contribution in [-0.2, 0) is 51.1 Å². The molecule has 1 saturated carbocycles. The summed E-state index contributed by atoms with van der Waals surface area (Å²) in [6.45, 7) is 6.19. The van der Waals surface area contributed by atoms with Gasteiger partial charge in [0.25, 0.3) is 5.91 Å². The Morgan fingerprint density at radius 3 is 2.30 bits per heavy atom. The summed E-state index contributed by atoms with van der Waals surface area (Å²) < 4.78 is 22.4. The molecular formula is C42H58N8O9S. The van der Waals surface area contributed by atoms with E-state index in [9.17, 15) is 24.0 Å². The molecule has 1 unspecified atom stereocenters. The quantitative estimate of drug-likeness (QED) is 0.0523. The monoisotopic (exact) mass is 850 g/mol. The van der Waals surface area contributed by atoms with E-state index in [-0.39, 0.29) is 30.8 Å². The first-order valence-corrected chi connectivity index (χ1v) is 21.6. The minimum atomic E-state index is -0.785. The summed E-state index contributed by atoms with van der Waals surface area (Å²) in [6.07, 6.45) is 8.57. The summed E-state index contributed by atoms with van der Waals surface area (Å²) in [7, 11) is 0. The van der Waals surface area contributed by atoms with Gasteiger partial charge in [-0.25, -0.2) is 9.97 Å². The molecule has 3 heterocycles. The van der Waals surface area contributed by atoms with Gasteiger partial charge in [0, 0.05) is 60.1 Å². The molecule has 0 spiro atoms. The number of amides is 5. The van der Waals surface area contributed by atoms with E-state index in [0.717, 1.165) is 48.7 Å². The molecule has 60 heavy (non-hydrogen) atoms. The predicted molar refractivity (Wildman–Crippen MR) is 226 cm³/mol. The van der Waals surface area contributed by atoms with Gasteiger partial charge in [-0.1, -0.05) is 44.7 Å². The Morgan fingerprint density at radius 1 is 0.917 bits per heavy atom. The molecule has 326 valence electrons. The van der Waals surface area contributed by atoms with Crippen molar-refractivity contribution in [2.75, 3.05) is 83.1 Å². The van der Waals surface area contributed by atoms with Crippen molar-refractivity contribution < 1.29 is 42.9 Å². The summed E-state index contributed by atoms with van der Waals surface area (Å²) >= 11 is 1.51. The van der Waals surface area contributed by atoms with Gasteiger partial charge < -0.3 is 45.1 Å². The first-order valence-electron chi connectivity index (χ1n) is 20.7. The van der Waals surface area contributed by atoms with Crippen LogP contribution in [0.1, 0.15) is 73.5 Å². The molecule has 3 aromatic rings. The van der Waals surface area contributed by atoms with Gasteiger partial charge in [0.2, 0.25) is 24.1 Å². The molecule has 0 bridgehead atoms. The maximum Gasteiger partial charge on any atom is 0.255 e. The van der Waals surface area contributed by atoms with Crippen LogP contribution < -0.4 is 26.6 Å². The molecule has 1 atom stereocenters. The van der Waals surface area contributed by atoms with E-state index in [4.69, 9.17) is 23.9 Å². The van der Waals surface area contributed by atoms with Crippen LogP contribution >= 0.6 is 11.3 Å². The Morgan fingerprint density at radius 2 is 1.62 bits per heavy atom. The number of aromatic nitrogens is 2. The number of rotatable bonds is 28. The predicted octanol–water partition coefficient (Wildman–Crippen LogP) is 3.58. The number of nitrogens with one attached hydrogen (secondary N) is 5. The fraction of sp³-hybridized carbons (Fsp3) is 0.548. The second-order valence-electron chi connectivity index (χ2n) is 14.6. The lowest BCUT2D eigenvalue weighted by Crippen LogP contribution is -2.46. The molecule has 5 amide bonds. The molecule has 2 aliphatic rings. The average molecular weight is 851 g/mol. The van der Waals surface area contributed by atoms with Crippen LogP contribution in [0.4, 0.5) is 16.6 Å². The molecule has 1 fully saturated rings. The third-order valence-electron chi connectivity index (χ3n) is 10.4. The number of nitrogens with zero attached hydrogens (tertiary/aromatic N) is 3. The molecule has 5 rings (SSSR count). The van der Waals surface area contributed by atoms with E-state index in [2.05, 4.69) is 31.6 Å². The van der Waals surface area contributed by atoms with E-state index in [1.54, 1.807) is 24.4 Å². The number of thiazole rings is 1. The van der Waals surface area contributed by atoms with Gasteiger partial charge in [0.05, 0.1) is 64.8 Å². The van der Waals surface area contributed by atoms with Gasteiger partial charge in [-0.3, -0.25) is 29.3 Å². The number of ether oxygens (including phenoxy) is 4. The van der Waals surface area contributed by atoms with Gasteiger partial charge in [0.15, 0.2) is 5.13 Å². The first-order chi connectivity index (χ1) is 29.3. The number of fused-ring (bicyclic) bond motifs is 1. The van der Waals surface area contributed by atoms with Crippen LogP contribution in [0.3, 0.4) is 0 Å². The van der Waals surface area contributed by atoms with Gasteiger partial charge in [-0.05, 0) is 43.5 Å². The number of carbonyl (C=O) groups excluding carboxylic acids is 5. The van der Waals surface area contributed by atoms with Crippen molar-refractivity contribution in [3.63, 3.8) is 0 Å². The van der Waals surface area contributed by atoms with E-state index in [1.165, 1.54) is 16.2 Å².